The molecular formula is C24H31NO4. The van der Waals surface area contributed by atoms with Crippen molar-refractivity contribution >= 4 is 0 Å². The molecular weight excluding hydrogens is 366 g/mol. The van der Waals surface area contributed by atoms with Crippen LogP contribution in [0.15, 0.2) is 30.3 Å². The zero-order valence-electron chi connectivity index (χ0n) is 17.8. The highest BCUT2D eigenvalue weighted by Gasteiger charge is 2.42. The summed E-state index contributed by atoms with van der Waals surface area (Å²) < 4.78 is 17.4. The van der Waals surface area contributed by atoms with Crippen LogP contribution in [-0.4, -0.2) is 49.5 Å². The lowest BCUT2D eigenvalue weighted by Crippen LogP contribution is -2.46. The number of ether oxygens (including phenoxy) is 3. The summed E-state index contributed by atoms with van der Waals surface area (Å²) in [4.78, 5) is 2.50. The van der Waals surface area contributed by atoms with E-state index >= 15 is 0 Å². The summed E-state index contributed by atoms with van der Waals surface area (Å²) in [5.41, 5.74) is 2.93. The number of aromatic hydroxyl groups is 1. The lowest BCUT2D eigenvalue weighted by Gasteiger charge is -2.37. The van der Waals surface area contributed by atoms with Crippen LogP contribution in [0.2, 0.25) is 0 Å². The van der Waals surface area contributed by atoms with Gasteiger partial charge in [0.2, 0.25) is 11.5 Å². The molecule has 0 spiro atoms. The Morgan fingerprint density at radius 2 is 1.76 bits per heavy atom. The maximum Gasteiger partial charge on any atom is 0.207 e. The molecule has 29 heavy (non-hydrogen) atoms. The van der Waals surface area contributed by atoms with Crippen molar-refractivity contribution < 1.29 is 19.3 Å². The van der Waals surface area contributed by atoms with Crippen LogP contribution in [0.4, 0.5) is 0 Å². The minimum absolute atomic E-state index is 0.139. The Balaban J connectivity index is 1.47. The Morgan fingerprint density at radius 1 is 1.10 bits per heavy atom. The van der Waals surface area contributed by atoms with E-state index in [0.29, 0.717) is 23.2 Å². The predicted molar refractivity (Wildman–Crippen MR) is 114 cm³/mol. The number of phenols is 1. The lowest BCUT2D eigenvalue weighted by molar-refractivity contribution is 0.0508. The quantitative estimate of drug-likeness (QED) is 0.816. The predicted octanol–water partition coefficient (Wildman–Crippen LogP) is 4.29. The third-order valence-electron chi connectivity index (χ3n) is 6.43. The molecule has 156 valence electrons. The van der Waals surface area contributed by atoms with Gasteiger partial charge in [-0.1, -0.05) is 30.3 Å². The number of nitrogens with zero attached hydrogens (tertiary/aromatic N) is 1. The normalized spacial score (nSPS) is 22.2. The van der Waals surface area contributed by atoms with Crippen LogP contribution in [0.3, 0.4) is 0 Å². The van der Waals surface area contributed by atoms with E-state index in [2.05, 4.69) is 42.2 Å². The molecule has 1 N–H and O–H groups in total. The fourth-order valence-electron chi connectivity index (χ4n) is 4.89. The molecule has 1 atom stereocenters. The molecule has 2 aliphatic heterocycles. The average molecular weight is 398 g/mol. The van der Waals surface area contributed by atoms with Gasteiger partial charge >= 0.3 is 0 Å². The van der Waals surface area contributed by atoms with E-state index in [4.69, 9.17) is 14.2 Å². The molecule has 0 bridgehead atoms. The standard InChI is InChI=1S/C24H31NO4/c1-16-19-14-24(2,29-21(19)23(28-4)22(27-3)20(16)26)15-25-12-10-18(11-13-25)17-8-6-5-7-9-17/h5-9,18,26H,10-15H2,1-4H3. The molecule has 0 amide bonds. The van der Waals surface area contributed by atoms with Gasteiger partial charge in [-0.25, -0.2) is 0 Å². The highest BCUT2D eigenvalue weighted by molar-refractivity contribution is 5.68. The Labute approximate surface area is 173 Å². The van der Waals surface area contributed by atoms with Crippen molar-refractivity contribution in [1.29, 1.82) is 0 Å². The number of benzene rings is 2. The molecule has 2 aromatic rings. The van der Waals surface area contributed by atoms with Crippen molar-refractivity contribution in [2.24, 2.45) is 0 Å². The number of rotatable bonds is 5. The Kier molecular flexibility index (Phi) is 5.34. The summed E-state index contributed by atoms with van der Waals surface area (Å²) in [6.45, 7) is 7.06. The van der Waals surface area contributed by atoms with Crippen LogP contribution in [0.1, 0.15) is 42.4 Å². The van der Waals surface area contributed by atoms with Crippen LogP contribution in [0.5, 0.6) is 23.0 Å². The van der Waals surface area contributed by atoms with Gasteiger partial charge in [-0.3, -0.25) is 4.90 Å². The number of likely N-dealkylation sites (tertiary alicyclic amines) is 1. The number of hydrogen-bond acceptors (Lipinski definition) is 5. The molecule has 0 radical (unpaired) electrons. The summed E-state index contributed by atoms with van der Waals surface area (Å²) in [6, 6.07) is 10.8. The lowest BCUT2D eigenvalue weighted by atomic mass is 9.88. The van der Waals surface area contributed by atoms with E-state index in [1.54, 1.807) is 7.11 Å². The van der Waals surface area contributed by atoms with Gasteiger partial charge in [0.25, 0.3) is 0 Å². The van der Waals surface area contributed by atoms with Crippen LogP contribution >= 0.6 is 0 Å². The molecule has 2 aliphatic rings. The van der Waals surface area contributed by atoms with E-state index in [1.165, 1.54) is 25.5 Å². The van der Waals surface area contributed by atoms with Gasteiger partial charge < -0.3 is 19.3 Å². The van der Waals surface area contributed by atoms with Gasteiger partial charge in [0.1, 0.15) is 5.60 Å². The molecule has 0 aromatic heterocycles. The largest absolute Gasteiger partial charge is 0.504 e. The first-order valence-corrected chi connectivity index (χ1v) is 10.4. The topological polar surface area (TPSA) is 51.2 Å². The van der Waals surface area contributed by atoms with Crippen LogP contribution in [-0.2, 0) is 6.42 Å². The third-order valence-corrected chi connectivity index (χ3v) is 6.43. The summed E-state index contributed by atoms with van der Waals surface area (Å²) in [5.74, 6) is 2.32. The Morgan fingerprint density at radius 3 is 2.38 bits per heavy atom. The summed E-state index contributed by atoms with van der Waals surface area (Å²) in [6.07, 6.45) is 3.09. The van der Waals surface area contributed by atoms with Gasteiger partial charge in [0.15, 0.2) is 11.5 Å². The zero-order chi connectivity index (χ0) is 20.6. The minimum atomic E-state index is -0.348. The highest BCUT2D eigenvalue weighted by Crippen LogP contribution is 2.53. The second-order valence-corrected chi connectivity index (χ2v) is 8.54. The molecule has 0 saturated carbocycles. The van der Waals surface area contributed by atoms with Crippen molar-refractivity contribution in [1.82, 2.24) is 4.90 Å². The van der Waals surface area contributed by atoms with Crippen molar-refractivity contribution in [3.05, 3.63) is 47.0 Å². The maximum absolute atomic E-state index is 10.5. The fourth-order valence-corrected chi connectivity index (χ4v) is 4.89. The monoisotopic (exact) mass is 397 g/mol. The summed E-state index contributed by atoms with van der Waals surface area (Å²) in [7, 11) is 3.12. The van der Waals surface area contributed by atoms with Gasteiger partial charge in [0, 0.05) is 24.1 Å². The van der Waals surface area contributed by atoms with Gasteiger partial charge in [0.05, 0.1) is 14.2 Å². The number of fused-ring (bicyclic) bond motifs is 1. The van der Waals surface area contributed by atoms with E-state index in [1.807, 2.05) is 6.92 Å². The smallest absolute Gasteiger partial charge is 0.207 e. The van der Waals surface area contributed by atoms with E-state index in [-0.39, 0.29) is 11.4 Å². The van der Waals surface area contributed by atoms with E-state index < -0.39 is 0 Å². The first kappa shape index (κ1) is 19.9. The molecule has 4 rings (SSSR count). The molecule has 1 saturated heterocycles. The SMILES string of the molecule is COc1c(O)c(C)c2c(c1OC)OC(C)(CN1CCC(c3ccccc3)CC1)C2. The van der Waals surface area contributed by atoms with Crippen molar-refractivity contribution in [2.75, 3.05) is 33.9 Å². The second kappa shape index (κ2) is 7.79. The first-order chi connectivity index (χ1) is 14.0. The summed E-state index contributed by atoms with van der Waals surface area (Å²) >= 11 is 0. The average Bonchev–Trinajstić information content (AvgIpc) is 3.08. The molecule has 2 heterocycles. The van der Waals surface area contributed by atoms with Crippen LogP contribution in [0, 0.1) is 6.92 Å². The van der Waals surface area contributed by atoms with Crippen LogP contribution < -0.4 is 14.2 Å². The van der Waals surface area contributed by atoms with Gasteiger partial charge in [-0.2, -0.15) is 0 Å². The van der Waals surface area contributed by atoms with Crippen LogP contribution in [0.25, 0.3) is 0 Å². The number of piperidine rings is 1. The molecule has 5 heteroatoms. The minimum Gasteiger partial charge on any atom is -0.504 e. The second-order valence-electron chi connectivity index (χ2n) is 8.54. The molecule has 5 nitrogen and oxygen atoms in total. The van der Waals surface area contributed by atoms with Gasteiger partial charge in [-0.15, -0.1) is 0 Å². The summed E-state index contributed by atoms with van der Waals surface area (Å²) in [5, 5.41) is 10.5. The van der Waals surface area contributed by atoms with Crippen molar-refractivity contribution in [3.8, 4) is 23.0 Å². The van der Waals surface area contributed by atoms with Gasteiger partial charge in [-0.05, 0) is 51.3 Å². The molecule has 1 unspecified atom stereocenters. The van der Waals surface area contributed by atoms with Crippen molar-refractivity contribution in [3.63, 3.8) is 0 Å². The van der Waals surface area contributed by atoms with E-state index in [0.717, 1.165) is 37.2 Å². The number of phenolic OH excluding ortho intramolecular Hbond substituents is 1. The molecule has 1 fully saturated rings. The highest BCUT2D eigenvalue weighted by atomic mass is 16.5. The Hall–Kier alpha value is -2.40. The molecule has 0 aliphatic carbocycles. The number of hydrogen-bond donors (Lipinski definition) is 1. The molecule has 2 aromatic carbocycles. The maximum atomic E-state index is 10.5. The third kappa shape index (κ3) is 3.64. The van der Waals surface area contributed by atoms with Crippen molar-refractivity contribution in [2.45, 2.75) is 44.6 Å². The first-order valence-electron chi connectivity index (χ1n) is 10.4. The Bertz CT molecular complexity index is 874. The van der Waals surface area contributed by atoms with E-state index in [9.17, 15) is 5.11 Å². The zero-order valence-corrected chi connectivity index (χ0v) is 17.8. The fraction of sp³-hybridized carbons (Fsp3) is 0.500. The number of methoxy groups -OCH3 is 2.